The Balaban J connectivity index is 1.97. The average Bonchev–Trinajstić information content (AvgIpc) is 2.62. The molecule has 4 nitrogen and oxygen atoms in total. The number of rotatable bonds is 8. The van der Waals surface area contributed by atoms with Crippen molar-refractivity contribution in [2.24, 2.45) is 0 Å². The Bertz CT molecular complexity index is 635. The van der Waals surface area contributed by atoms with Crippen molar-refractivity contribution in [1.29, 1.82) is 0 Å². The molecule has 24 heavy (non-hydrogen) atoms. The Hall–Kier alpha value is -2.49. The lowest BCUT2D eigenvalue weighted by Gasteiger charge is -2.17. The molecule has 0 fully saturated rings. The molecule has 1 N–H and O–H groups in total. The van der Waals surface area contributed by atoms with Crippen molar-refractivity contribution < 1.29 is 14.3 Å². The van der Waals surface area contributed by atoms with Gasteiger partial charge in [0.2, 0.25) is 0 Å². The first kappa shape index (κ1) is 17.9. The van der Waals surface area contributed by atoms with E-state index >= 15 is 0 Å². The molecule has 0 heterocycles. The van der Waals surface area contributed by atoms with Crippen LogP contribution in [0.1, 0.15) is 32.8 Å². The van der Waals surface area contributed by atoms with E-state index in [1.165, 1.54) is 5.56 Å². The van der Waals surface area contributed by atoms with Gasteiger partial charge in [-0.3, -0.25) is 4.79 Å². The molecule has 0 bridgehead atoms. The molecule has 1 atom stereocenters. The van der Waals surface area contributed by atoms with Crippen LogP contribution < -0.4 is 14.8 Å². The van der Waals surface area contributed by atoms with Gasteiger partial charge in [-0.2, -0.15) is 0 Å². The minimum absolute atomic E-state index is 0.152. The summed E-state index contributed by atoms with van der Waals surface area (Å²) in [6, 6.07) is 15.2. The molecule has 0 aromatic heterocycles. The molecule has 2 aromatic carbocycles. The number of amides is 1. The van der Waals surface area contributed by atoms with Crippen LogP contribution in [0, 0.1) is 0 Å². The second-order valence-corrected chi connectivity index (χ2v) is 5.46. The molecule has 0 saturated heterocycles. The van der Waals surface area contributed by atoms with Crippen LogP contribution in [0.5, 0.6) is 11.5 Å². The maximum absolute atomic E-state index is 12.4. The van der Waals surface area contributed by atoms with Crippen molar-refractivity contribution in [3.05, 3.63) is 54.1 Å². The molecular formula is C20H25NO3. The van der Waals surface area contributed by atoms with Gasteiger partial charge in [-0.25, -0.2) is 0 Å². The van der Waals surface area contributed by atoms with Gasteiger partial charge in [0, 0.05) is 5.69 Å². The Morgan fingerprint density at radius 2 is 1.58 bits per heavy atom. The van der Waals surface area contributed by atoms with Gasteiger partial charge in [-0.1, -0.05) is 26.0 Å². The van der Waals surface area contributed by atoms with Gasteiger partial charge in [0.1, 0.15) is 11.5 Å². The Morgan fingerprint density at radius 1 is 0.958 bits per heavy atom. The average molecular weight is 327 g/mol. The van der Waals surface area contributed by atoms with Crippen LogP contribution >= 0.6 is 0 Å². The van der Waals surface area contributed by atoms with Crippen LogP contribution in [0.3, 0.4) is 0 Å². The highest BCUT2D eigenvalue weighted by Gasteiger charge is 2.18. The second-order valence-electron chi connectivity index (χ2n) is 5.46. The first-order chi connectivity index (χ1) is 11.7. The number of anilines is 1. The summed E-state index contributed by atoms with van der Waals surface area (Å²) in [5, 5.41) is 2.89. The zero-order valence-electron chi connectivity index (χ0n) is 14.5. The van der Waals surface area contributed by atoms with Gasteiger partial charge in [0.25, 0.3) is 5.91 Å². The van der Waals surface area contributed by atoms with E-state index in [4.69, 9.17) is 9.47 Å². The highest BCUT2D eigenvalue weighted by molar-refractivity contribution is 5.94. The molecule has 0 aliphatic rings. The van der Waals surface area contributed by atoms with Crippen LogP contribution in [0.4, 0.5) is 5.69 Å². The molecule has 0 unspecified atom stereocenters. The van der Waals surface area contributed by atoms with E-state index in [9.17, 15) is 4.79 Å². The van der Waals surface area contributed by atoms with E-state index in [1.807, 2.05) is 62.4 Å². The van der Waals surface area contributed by atoms with Gasteiger partial charge < -0.3 is 14.8 Å². The molecular weight excluding hydrogens is 302 g/mol. The lowest BCUT2D eigenvalue weighted by molar-refractivity contribution is -0.122. The number of ether oxygens (including phenoxy) is 2. The summed E-state index contributed by atoms with van der Waals surface area (Å²) in [6.07, 6.45) is 1.05. The Morgan fingerprint density at radius 3 is 2.12 bits per heavy atom. The van der Waals surface area contributed by atoms with Gasteiger partial charge in [0.05, 0.1) is 6.61 Å². The topological polar surface area (TPSA) is 47.6 Å². The van der Waals surface area contributed by atoms with E-state index in [2.05, 4.69) is 12.2 Å². The van der Waals surface area contributed by atoms with E-state index in [0.717, 1.165) is 17.9 Å². The highest BCUT2D eigenvalue weighted by Crippen LogP contribution is 2.18. The summed E-state index contributed by atoms with van der Waals surface area (Å²) >= 11 is 0. The fourth-order valence-electron chi connectivity index (χ4n) is 2.31. The minimum Gasteiger partial charge on any atom is -0.494 e. The first-order valence-corrected chi connectivity index (χ1v) is 8.45. The van der Waals surface area contributed by atoms with Crippen molar-refractivity contribution in [2.75, 3.05) is 11.9 Å². The molecule has 1 amide bonds. The van der Waals surface area contributed by atoms with Crippen molar-refractivity contribution >= 4 is 11.6 Å². The number of benzene rings is 2. The molecule has 0 aliphatic heterocycles. The number of hydrogen-bond acceptors (Lipinski definition) is 3. The predicted molar refractivity (Wildman–Crippen MR) is 96.8 cm³/mol. The molecule has 0 aliphatic carbocycles. The molecule has 4 heteroatoms. The van der Waals surface area contributed by atoms with Crippen molar-refractivity contribution in [2.45, 2.75) is 39.7 Å². The molecule has 0 radical (unpaired) electrons. The van der Waals surface area contributed by atoms with Crippen LogP contribution in [-0.4, -0.2) is 18.6 Å². The number of carbonyl (C=O) groups is 1. The lowest BCUT2D eigenvalue weighted by atomic mass is 10.1. The van der Waals surface area contributed by atoms with Crippen molar-refractivity contribution in [3.8, 4) is 11.5 Å². The monoisotopic (exact) mass is 327 g/mol. The summed E-state index contributed by atoms with van der Waals surface area (Å²) in [4.78, 5) is 12.4. The van der Waals surface area contributed by atoms with Crippen LogP contribution in [0.15, 0.2) is 48.5 Å². The molecule has 0 spiro atoms. The van der Waals surface area contributed by atoms with E-state index in [0.29, 0.717) is 18.8 Å². The third kappa shape index (κ3) is 5.01. The van der Waals surface area contributed by atoms with Gasteiger partial charge in [0.15, 0.2) is 6.10 Å². The highest BCUT2D eigenvalue weighted by atomic mass is 16.5. The summed E-state index contributed by atoms with van der Waals surface area (Å²) in [7, 11) is 0. The van der Waals surface area contributed by atoms with Crippen LogP contribution in [0.2, 0.25) is 0 Å². The quantitative estimate of drug-likeness (QED) is 0.779. The van der Waals surface area contributed by atoms with Crippen molar-refractivity contribution in [3.63, 3.8) is 0 Å². The van der Waals surface area contributed by atoms with Crippen LogP contribution in [0.25, 0.3) is 0 Å². The van der Waals surface area contributed by atoms with E-state index < -0.39 is 6.10 Å². The summed E-state index contributed by atoms with van der Waals surface area (Å²) < 4.78 is 11.2. The molecule has 2 aromatic rings. The van der Waals surface area contributed by atoms with Crippen LogP contribution in [-0.2, 0) is 11.2 Å². The number of carbonyl (C=O) groups excluding carboxylic acids is 1. The maximum Gasteiger partial charge on any atom is 0.265 e. The molecule has 0 saturated carbocycles. The van der Waals surface area contributed by atoms with Gasteiger partial charge in [-0.15, -0.1) is 0 Å². The molecule has 128 valence electrons. The lowest BCUT2D eigenvalue weighted by Crippen LogP contribution is -2.32. The SMILES string of the molecule is CCOc1ccc(NC(=O)[C@H](CC)Oc2ccc(CC)cc2)cc1. The number of aryl methyl sites for hydroxylation is 1. The summed E-state index contributed by atoms with van der Waals surface area (Å²) in [5.74, 6) is 1.34. The third-order valence-corrected chi connectivity index (χ3v) is 3.71. The zero-order chi connectivity index (χ0) is 17.4. The normalized spacial score (nSPS) is 11.6. The Kier molecular flexibility index (Phi) is 6.67. The summed E-state index contributed by atoms with van der Waals surface area (Å²) in [5.41, 5.74) is 1.97. The molecule has 2 rings (SSSR count). The standard InChI is InChI=1S/C20H25NO3/c1-4-15-7-11-18(12-8-15)24-19(5-2)20(22)21-16-9-13-17(14-10-16)23-6-3/h7-14,19H,4-6H2,1-3H3,(H,21,22)/t19-/m0/s1. The van der Waals surface area contributed by atoms with Gasteiger partial charge >= 0.3 is 0 Å². The fraction of sp³-hybridized carbons (Fsp3) is 0.350. The fourth-order valence-corrected chi connectivity index (χ4v) is 2.31. The smallest absolute Gasteiger partial charge is 0.265 e. The van der Waals surface area contributed by atoms with Crippen molar-refractivity contribution in [1.82, 2.24) is 0 Å². The number of hydrogen-bond donors (Lipinski definition) is 1. The maximum atomic E-state index is 12.4. The second kappa shape index (κ2) is 8.96. The predicted octanol–water partition coefficient (Wildman–Crippen LogP) is 4.44. The van der Waals surface area contributed by atoms with E-state index in [1.54, 1.807) is 0 Å². The van der Waals surface area contributed by atoms with Gasteiger partial charge in [-0.05, 0) is 61.7 Å². The van der Waals surface area contributed by atoms with E-state index in [-0.39, 0.29) is 5.91 Å². The minimum atomic E-state index is -0.524. The largest absolute Gasteiger partial charge is 0.494 e. The first-order valence-electron chi connectivity index (χ1n) is 8.45. The third-order valence-electron chi connectivity index (χ3n) is 3.71. The zero-order valence-corrected chi connectivity index (χ0v) is 14.5. The summed E-state index contributed by atoms with van der Waals surface area (Å²) in [6.45, 7) is 6.60. The Labute approximate surface area is 143 Å². The number of nitrogens with one attached hydrogen (secondary N) is 1.